The number of pyridine rings is 1. The lowest BCUT2D eigenvalue weighted by molar-refractivity contribution is 0.121. The van der Waals surface area contributed by atoms with Gasteiger partial charge in [0.05, 0.1) is 6.10 Å². The summed E-state index contributed by atoms with van der Waals surface area (Å²) >= 11 is 0. The Morgan fingerprint density at radius 3 is 2.88 bits per heavy atom. The molecular formula is C10H13F2N3O. The number of hydrogen-bond donors (Lipinski definition) is 1. The van der Waals surface area contributed by atoms with Gasteiger partial charge in [-0.1, -0.05) is 0 Å². The normalized spacial score (nSPS) is 20.4. The van der Waals surface area contributed by atoms with Crippen LogP contribution in [0.1, 0.15) is 6.42 Å². The highest BCUT2D eigenvalue weighted by atomic mass is 19.1. The van der Waals surface area contributed by atoms with Crippen molar-refractivity contribution in [1.29, 1.82) is 0 Å². The van der Waals surface area contributed by atoms with E-state index >= 15 is 0 Å². The third kappa shape index (κ3) is 1.92. The molecule has 1 aliphatic rings. The number of hydrogen-bond acceptors (Lipinski definition) is 4. The van der Waals surface area contributed by atoms with E-state index in [1.165, 1.54) is 0 Å². The van der Waals surface area contributed by atoms with E-state index in [1.807, 2.05) is 0 Å². The van der Waals surface area contributed by atoms with Crippen LogP contribution in [0.4, 0.5) is 20.4 Å². The van der Waals surface area contributed by atoms with Crippen molar-refractivity contribution in [2.24, 2.45) is 0 Å². The first-order valence-corrected chi connectivity index (χ1v) is 5.01. The second kappa shape index (κ2) is 4.21. The monoisotopic (exact) mass is 229 g/mol. The molecule has 0 spiro atoms. The minimum absolute atomic E-state index is 0.0625. The van der Waals surface area contributed by atoms with Gasteiger partial charge in [-0.25, -0.2) is 13.8 Å². The molecule has 2 N–H and O–H groups in total. The first-order valence-electron chi connectivity index (χ1n) is 5.01. The van der Waals surface area contributed by atoms with Gasteiger partial charge < -0.3 is 15.4 Å². The van der Waals surface area contributed by atoms with Crippen LogP contribution in [0.2, 0.25) is 0 Å². The lowest BCUT2D eigenvalue weighted by atomic mass is 10.3. The van der Waals surface area contributed by atoms with Crippen LogP contribution in [0, 0.1) is 11.6 Å². The van der Waals surface area contributed by atoms with Crippen molar-refractivity contribution < 1.29 is 13.5 Å². The molecule has 1 aliphatic heterocycles. The van der Waals surface area contributed by atoms with Gasteiger partial charge in [0.2, 0.25) is 0 Å². The van der Waals surface area contributed by atoms with Crippen molar-refractivity contribution in [3.05, 3.63) is 17.7 Å². The molecule has 0 aliphatic carbocycles. The fraction of sp³-hybridized carbons (Fsp3) is 0.500. The molecular weight excluding hydrogens is 216 g/mol. The average molecular weight is 229 g/mol. The Bertz CT molecular complexity index is 400. The average Bonchev–Trinajstić information content (AvgIpc) is 2.71. The summed E-state index contributed by atoms with van der Waals surface area (Å²) in [7, 11) is 1.61. The fourth-order valence-corrected chi connectivity index (χ4v) is 1.81. The van der Waals surface area contributed by atoms with Crippen molar-refractivity contribution in [1.82, 2.24) is 4.98 Å². The molecule has 1 saturated heterocycles. The van der Waals surface area contributed by atoms with Crippen LogP contribution in [0.5, 0.6) is 0 Å². The fourth-order valence-electron chi connectivity index (χ4n) is 1.81. The van der Waals surface area contributed by atoms with Gasteiger partial charge in [-0.05, 0) is 6.42 Å². The van der Waals surface area contributed by atoms with Crippen molar-refractivity contribution in [3.63, 3.8) is 0 Å². The Kier molecular flexibility index (Phi) is 2.91. The summed E-state index contributed by atoms with van der Waals surface area (Å²) in [6.07, 6.45) is 0.863. The summed E-state index contributed by atoms with van der Waals surface area (Å²) in [5.74, 6) is -1.71. The van der Waals surface area contributed by atoms with E-state index in [-0.39, 0.29) is 17.7 Å². The largest absolute Gasteiger partial charge is 0.381 e. The van der Waals surface area contributed by atoms with Gasteiger partial charge in [0.1, 0.15) is 0 Å². The quantitative estimate of drug-likeness (QED) is 0.827. The third-order valence-electron chi connectivity index (χ3n) is 2.72. The molecule has 88 valence electrons. The van der Waals surface area contributed by atoms with Gasteiger partial charge in [0, 0.05) is 26.3 Å². The molecule has 0 amide bonds. The van der Waals surface area contributed by atoms with E-state index in [9.17, 15) is 8.78 Å². The number of nitrogens with zero attached hydrogens (tertiary/aromatic N) is 2. The van der Waals surface area contributed by atoms with Crippen LogP contribution in [0.15, 0.2) is 6.07 Å². The first-order chi connectivity index (χ1) is 7.61. The number of nitrogens with two attached hydrogens (primary N) is 1. The molecule has 1 atom stereocenters. The van der Waals surface area contributed by atoms with Crippen LogP contribution >= 0.6 is 0 Å². The number of rotatable bonds is 2. The van der Waals surface area contributed by atoms with E-state index < -0.39 is 11.6 Å². The van der Waals surface area contributed by atoms with Crippen molar-refractivity contribution in [2.45, 2.75) is 12.5 Å². The van der Waals surface area contributed by atoms with Crippen LogP contribution in [0.25, 0.3) is 0 Å². The van der Waals surface area contributed by atoms with Crippen molar-refractivity contribution in [3.8, 4) is 0 Å². The summed E-state index contributed by atoms with van der Waals surface area (Å²) in [5, 5.41) is 0. The summed E-state index contributed by atoms with van der Waals surface area (Å²) < 4.78 is 31.6. The van der Waals surface area contributed by atoms with Crippen molar-refractivity contribution >= 4 is 11.6 Å². The number of halogens is 2. The summed E-state index contributed by atoms with van der Waals surface area (Å²) in [6.45, 7) is 1.18. The molecule has 2 heterocycles. The molecule has 0 radical (unpaired) electrons. The SMILES string of the molecule is COC1CCN(c2nc(N)c(F)cc2F)C1. The minimum atomic E-state index is -0.830. The molecule has 0 saturated carbocycles. The number of ether oxygens (including phenoxy) is 1. The van der Waals surface area contributed by atoms with E-state index in [0.29, 0.717) is 13.1 Å². The summed E-state index contributed by atoms with van der Waals surface area (Å²) in [5.41, 5.74) is 5.31. The molecule has 1 fully saturated rings. The maximum Gasteiger partial charge on any atom is 0.168 e. The molecule has 0 bridgehead atoms. The minimum Gasteiger partial charge on any atom is -0.381 e. The number of aromatic nitrogens is 1. The molecule has 0 aromatic carbocycles. The zero-order valence-electron chi connectivity index (χ0n) is 8.91. The van der Waals surface area contributed by atoms with Gasteiger partial charge in [-0.2, -0.15) is 0 Å². The van der Waals surface area contributed by atoms with Crippen LogP contribution < -0.4 is 10.6 Å². The van der Waals surface area contributed by atoms with Gasteiger partial charge in [0.25, 0.3) is 0 Å². The maximum atomic E-state index is 13.5. The predicted molar refractivity (Wildman–Crippen MR) is 56.2 cm³/mol. The van der Waals surface area contributed by atoms with Crippen LogP contribution in [-0.2, 0) is 4.74 Å². The Labute approximate surface area is 92.0 Å². The predicted octanol–water partition coefficient (Wildman–Crippen LogP) is 1.17. The maximum absolute atomic E-state index is 13.5. The van der Waals surface area contributed by atoms with Crippen LogP contribution in [-0.4, -0.2) is 31.3 Å². The molecule has 6 heteroatoms. The Balaban J connectivity index is 2.24. The molecule has 1 aromatic heterocycles. The lowest BCUT2D eigenvalue weighted by Crippen LogP contribution is -2.24. The second-order valence-corrected chi connectivity index (χ2v) is 3.75. The van der Waals surface area contributed by atoms with Gasteiger partial charge in [-0.3, -0.25) is 0 Å². The molecule has 2 rings (SSSR count). The van der Waals surface area contributed by atoms with Gasteiger partial charge in [-0.15, -0.1) is 0 Å². The Morgan fingerprint density at radius 2 is 2.25 bits per heavy atom. The smallest absolute Gasteiger partial charge is 0.168 e. The molecule has 4 nitrogen and oxygen atoms in total. The molecule has 16 heavy (non-hydrogen) atoms. The van der Waals surface area contributed by atoms with E-state index in [2.05, 4.69) is 4.98 Å². The van der Waals surface area contributed by atoms with Gasteiger partial charge >= 0.3 is 0 Å². The molecule has 1 aromatic rings. The third-order valence-corrected chi connectivity index (χ3v) is 2.72. The molecule has 1 unspecified atom stereocenters. The van der Waals surface area contributed by atoms with E-state index in [1.54, 1.807) is 12.0 Å². The lowest BCUT2D eigenvalue weighted by Gasteiger charge is -2.18. The number of anilines is 2. The number of methoxy groups -OCH3 is 1. The van der Waals surface area contributed by atoms with E-state index in [4.69, 9.17) is 10.5 Å². The Hall–Kier alpha value is -1.43. The van der Waals surface area contributed by atoms with Gasteiger partial charge in [0.15, 0.2) is 23.3 Å². The zero-order valence-corrected chi connectivity index (χ0v) is 8.91. The zero-order chi connectivity index (χ0) is 11.7. The van der Waals surface area contributed by atoms with Crippen molar-refractivity contribution in [2.75, 3.05) is 30.8 Å². The number of nitrogen functional groups attached to an aromatic ring is 1. The highest BCUT2D eigenvalue weighted by Gasteiger charge is 2.26. The van der Waals surface area contributed by atoms with E-state index in [0.717, 1.165) is 12.5 Å². The first kappa shape index (κ1) is 11.1. The standard InChI is InChI=1S/C10H13F2N3O/c1-16-6-2-3-15(5-6)10-8(12)4-7(11)9(13)14-10/h4,6H,2-3,5H2,1H3,(H2,13,14). The second-order valence-electron chi connectivity index (χ2n) is 3.75. The summed E-state index contributed by atoms with van der Waals surface area (Å²) in [4.78, 5) is 5.43. The highest BCUT2D eigenvalue weighted by Crippen LogP contribution is 2.24. The summed E-state index contributed by atoms with van der Waals surface area (Å²) in [6, 6.07) is 0.762. The topological polar surface area (TPSA) is 51.4 Å². The van der Waals surface area contributed by atoms with Crippen LogP contribution in [0.3, 0.4) is 0 Å². The Morgan fingerprint density at radius 1 is 1.50 bits per heavy atom. The highest BCUT2D eigenvalue weighted by molar-refractivity contribution is 5.48.